The molecule has 1 aromatic carbocycles. The van der Waals surface area contributed by atoms with Crippen molar-refractivity contribution in [3.05, 3.63) is 70.2 Å². The molecule has 0 unspecified atom stereocenters. The van der Waals surface area contributed by atoms with Gasteiger partial charge in [0, 0.05) is 41.7 Å². The number of hydrogen-bond donors (Lipinski definition) is 0. The van der Waals surface area contributed by atoms with Gasteiger partial charge >= 0.3 is 0 Å². The Morgan fingerprint density at radius 3 is 2.49 bits per heavy atom. The lowest BCUT2D eigenvalue weighted by atomic mass is 9.89. The van der Waals surface area contributed by atoms with Gasteiger partial charge in [-0.05, 0) is 81.7 Å². The maximum Gasteiger partial charge on any atom is 0.228 e. The largest absolute Gasteiger partial charge is 0.364 e. The van der Waals surface area contributed by atoms with Crippen LogP contribution in [0.25, 0.3) is 0 Å². The van der Waals surface area contributed by atoms with Gasteiger partial charge in [0.2, 0.25) is 5.91 Å². The normalized spacial score (nSPS) is 23.2. The third kappa shape index (κ3) is 5.90. The van der Waals surface area contributed by atoms with E-state index >= 15 is 0 Å². The smallest absolute Gasteiger partial charge is 0.228 e. The second-order valence-electron chi connectivity index (χ2n) is 11.6. The molecule has 3 aliphatic rings. The van der Waals surface area contributed by atoms with Gasteiger partial charge in [-0.1, -0.05) is 44.9 Å². The van der Waals surface area contributed by atoms with E-state index in [1.165, 1.54) is 41.8 Å². The summed E-state index contributed by atoms with van der Waals surface area (Å²) in [5.74, 6) is 6.92. The number of carbonyl (C=O) groups excluding carboxylic acids is 1. The molecule has 1 saturated heterocycles. The molecule has 1 aromatic rings. The Morgan fingerprint density at radius 1 is 1.14 bits per heavy atom. The topological polar surface area (TPSA) is 35.9 Å². The first-order valence-corrected chi connectivity index (χ1v) is 13.5. The molecule has 0 aromatic heterocycles. The monoisotopic (exact) mass is 501 g/mol. The van der Waals surface area contributed by atoms with Gasteiger partial charge in [-0.2, -0.15) is 0 Å². The van der Waals surface area contributed by atoms with Crippen LogP contribution in [-0.4, -0.2) is 53.1 Å². The fraction of sp³-hybridized carbons (Fsp3) is 0.500. The van der Waals surface area contributed by atoms with E-state index in [0.29, 0.717) is 24.6 Å². The number of benzene rings is 1. The summed E-state index contributed by atoms with van der Waals surface area (Å²) in [5, 5.41) is 0. The van der Waals surface area contributed by atoms with Gasteiger partial charge in [0.25, 0.3) is 0 Å². The second kappa shape index (κ2) is 10.7. The highest BCUT2D eigenvalue weighted by Crippen LogP contribution is 2.43. The molecule has 0 bridgehead atoms. The van der Waals surface area contributed by atoms with Crippen LogP contribution in [0.4, 0.5) is 4.39 Å². The molecule has 5 heteroatoms. The molecule has 2 atom stereocenters. The van der Waals surface area contributed by atoms with Crippen molar-refractivity contribution in [3.63, 3.8) is 0 Å². The Hall–Kier alpha value is -3.13. The van der Waals surface area contributed by atoms with Crippen LogP contribution in [0, 0.1) is 29.0 Å². The van der Waals surface area contributed by atoms with Crippen LogP contribution in [0.5, 0.6) is 0 Å². The summed E-state index contributed by atoms with van der Waals surface area (Å²) in [5.41, 5.74) is 5.76. The molecule has 0 N–H and O–H groups in total. The highest BCUT2D eigenvalue weighted by molar-refractivity contribution is 6.17. The molecule has 1 aliphatic carbocycles. The van der Waals surface area contributed by atoms with Crippen molar-refractivity contribution in [2.24, 2.45) is 16.3 Å². The van der Waals surface area contributed by atoms with Gasteiger partial charge in [-0.15, -0.1) is 0 Å². The third-order valence-corrected chi connectivity index (χ3v) is 7.44. The quantitative estimate of drug-likeness (QED) is 0.466. The standard InChI is InChI=1S/C32H40FN3O/c1-8-27(25-13-14-25)29-28(15-12-24-10-9-11-26(33)18-24)34-17-16-21(2)30(29)35-19-23(4)36(20-22(35)3)31(37)32(5,6)7/h8-11,16,18,22-23,25H,13-14,17,19-20H2,1-7H3/b27-8-/t22-,23+/m0/s1. The fourth-order valence-corrected chi connectivity index (χ4v) is 5.33. The van der Waals surface area contributed by atoms with Crippen LogP contribution in [0.2, 0.25) is 0 Å². The van der Waals surface area contributed by atoms with Crippen LogP contribution < -0.4 is 0 Å². The van der Waals surface area contributed by atoms with Crippen LogP contribution >= 0.6 is 0 Å². The van der Waals surface area contributed by atoms with Gasteiger partial charge in [0.05, 0.1) is 12.2 Å². The zero-order valence-electron chi connectivity index (χ0n) is 23.4. The van der Waals surface area contributed by atoms with E-state index in [1.54, 1.807) is 6.07 Å². The number of halogens is 1. The first-order chi connectivity index (χ1) is 17.5. The third-order valence-electron chi connectivity index (χ3n) is 7.44. The summed E-state index contributed by atoms with van der Waals surface area (Å²) in [4.78, 5) is 22.6. The minimum absolute atomic E-state index is 0.0847. The molecule has 2 fully saturated rings. The number of allylic oxidation sites excluding steroid dienone is 4. The van der Waals surface area contributed by atoms with E-state index in [0.717, 1.165) is 17.8 Å². The highest BCUT2D eigenvalue weighted by Gasteiger charge is 2.40. The van der Waals surface area contributed by atoms with E-state index in [9.17, 15) is 9.18 Å². The number of carbonyl (C=O) groups is 1. The van der Waals surface area contributed by atoms with E-state index in [1.807, 2.05) is 31.7 Å². The fourth-order valence-electron chi connectivity index (χ4n) is 5.33. The van der Waals surface area contributed by atoms with Gasteiger partial charge in [0.15, 0.2) is 0 Å². The molecule has 1 saturated carbocycles. The lowest BCUT2D eigenvalue weighted by Gasteiger charge is -2.48. The summed E-state index contributed by atoms with van der Waals surface area (Å²) in [6.45, 7) is 16.6. The molecule has 4 nitrogen and oxygen atoms in total. The molecular formula is C32H40FN3O. The van der Waals surface area contributed by atoms with Gasteiger partial charge in [-0.3, -0.25) is 9.79 Å². The van der Waals surface area contributed by atoms with Gasteiger partial charge in [-0.25, -0.2) is 4.39 Å². The van der Waals surface area contributed by atoms with Gasteiger partial charge < -0.3 is 9.80 Å². The summed E-state index contributed by atoms with van der Waals surface area (Å²) >= 11 is 0. The Bertz CT molecular complexity index is 1250. The molecule has 1 amide bonds. The molecule has 4 rings (SSSR count). The van der Waals surface area contributed by atoms with Crippen LogP contribution in [0.1, 0.15) is 66.9 Å². The minimum Gasteiger partial charge on any atom is -0.364 e. The lowest BCUT2D eigenvalue weighted by Crippen LogP contribution is -2.59. The molecule has 0 radical (unpaired) electrons. The Labute approximate surface area is 222 Å². The maximum absolute atomic E-state index is 13.8. The Morgan fingerprint density at radius 2 is 1.86 bits per heavy atom. The first-order valence-electron chi connectivity index (χ1n) is 13.5. The average molecular weight is 502 g/mol. The summed E-state index contributed by atoms with van der Waals surface area (Å²) in [6.07, 6.45) is 6.74. The molecule has 2 aliphatic heterocycles. The zero-order valence-corrected chi connectivity index (χ0v) is 23.4. The summed E-state index contributed by atoms with van der Waals surface area (Å²) in [7, 11) is 0. The number of piperazine rings is 1. The predicted octanol–water partition coefficient (Wildman–Crippen LogP) is 6.16. The SMILES string of the molecule is C/C=C(\C1=C(N2C[C@@H](C)N(C(=O)C(C)(C)C)C[C@@H]2C)C(C)=CCN=C1C#Cc1cccc(F)c1)C1CC1. The van der Waals surface area contributed by atoms with Crippen molar-refractivity contribution >= 4 is 11.6 Å². The summed E-state index contributed by atoms with van der Waals surface area (Å²) in [6, 6.07) is 6.64. The molecular weight excluding hydrogens is 461 g/mol. The van der Waals surface area contributed by atoms with E-state index < -0.39 is 5.41 Å². The number of amides is 1. The van der Waals surface area contributed by atoms with Crippen molar-refractivity contribution in [3.8, 4) is 11.8 Å². The number of hydrogen-bond acceptors (Lipinski definition) is 3. The lowest BCUT2D eigenvalue weighted by molar-refractivity contribution is -0.145. The molecule has 196 valence electrons. The van der Waals surface area contributed by atoms with Crippen LogP contribution in [-0.2, 0) is 4.79 Å². The van der Waals surface area contributed by atoms with Gasteiger partial charge in [0.1, 0.15) is 11.5 Å². The maximum atomic E-state index is 13.8. The van der Waals surface area contributed by atoms with E-state index in [-0.39, 0.29) is 23.8 Å². The minimum atomic E-state index is -0.408. The van der Waals surface area contributed by atoms with Crippen LogP contribution in [0.15, 0.2) is 63.8 Å². The number of rotatable bonds is 3. The van der Waals surface area contributed by atoms with Crippen molar-refractivity contribution in [1.82, 2.24) is 9.80 Å². The first kappa shape index (κ1) is 26.9. The second-order valence-corrected chi connectivity index (χ2v) is 11.6. The van der Waals surface area contributed by atoms with Crippen molar-refractivity contribution in [1.29, 1.82) is 0 Å². The number of nitrogens with zero attached hydrogens (tertiary/aromatic N) is 3. The van der Waals surface area contributed by atoms with Crippen LogP contribution in [0.3, 0.4) is 0 Å². The molecule has 2 heterocycles. The highest BCUT2D eigenvalue weighted by atomic mass is 19.1. The van der Waals surface area contributed by atoms with Crippen molar-refractivity contribution in [2.45, 2.75) is 73.4 Å². The molecule has 0 spiro atoms. The number of aliphatic imine (C=N–C) groups is 1. The van der Waals surface area contributed by atoms with Crippen molar-refractivity contribution in [2.75, 3.05) is 19.6 Å². The molecule has 37 heavy (non-hydrogen) atoms. The zero-order chi connectivity index (χ0) is 26.9. The Balaban J connectivity index is 1.80. The average Bonchev–Trinajstić information content (AvgIpc) is 3.68. The summed E-state index contributed by atoms with van der Waals surface area (Å²) < 4.78 is 13.8. The van der Waals surface area contributed by atoms with Crippen molar-refractivity contribution < 1.29 is 9.18 Å². The van der Waals surface area contributed by atoms with E-state index in [4.69, 9.17) is 4.99 Å². The Kier molecular flexibility index (Phi) is 7.78. The predicted molar refractivity (Wildman–Crippen MR) is 150 cm³/mol. The van der Waals surface area contributed by atoms with E-state index in [2.05, 4.69) is 56.6 Å².